The second-order valence-electron chi connectivity index (χ2n) is 6.09. The fourth-order valence-corrected chi connectivity index (χ4v) is 4.52. The van der Waals surface area contributed by atoms with Gasteiger partial charge in [0.2, 0.25) is 0 Å². The van der Waals surface area contributed by atoms with E-state index in [1.165, 1.54) is 0 Å². The molecule has 4 rings (SSSR count). The fraction of sp³-hybridized carbons (Fsp3) is 0.143. The first kappa shape index (κ1) is 16.2. The van der Waals surface area contributed by atoms with E-state index >= 15 is 0 Å². The van der Waals surface area contributed by atoms with Crippen molar-refractivity contribution in [1.29, 1.82) is 0 Å². The van der Waals surface area contributed by atoms with Gasteiger partial charge in [-0.2, -0.15) is 0 Å². The van der Waals surface area contributed by atoms with E-state index in [9.17, 15) is 4.57 Å². The van der Waals surface area contributed by atoms with Crippen molar-refractivity contribution >= 4 is 8.03 Å². The van der Waals surface area contributed by atoms with Gasteiger partial charge in [0, 0.05) is 5.56 Å². The van der Waals surface area contributed by atoms with E-state index < -0.39 is 8.03 Å². The Morgan fingerprint density at radius 2 is 1.16 bits per heavy atom. The first-order valence-corrected chi connectivity index (χ1v) is 9.61. The van der Waals surface area contributed by atoms with Gasteiger partial charge in [-0.3, -0.25) is 5.32 Å². The number of benzene rings is 3. The summed E-state index contributed by atoms with van der Waals surface area (Å²) >= 11 is 0. The molecule has 1 aliphatic rings. The smallest absolute Gasteiger partial charge is 0.257 e. The Bertz CT molecular complexity index is 840. The first-order valence-electron chi connectivity index (χ1n) is 8.37. The van der Waals surface area contributed by atoms with Crippen LogP contribution >= 0.6 is 8.03 Å². The van der Waals surface area contributed by atoms with Gasteiger partial charge in [-0.25, -0.2) is 0 Å². The van der Waals surface area contributed by atoms with E-state index in [2.05, 4.69) is 17.4 Å². The zero-order chi connectivity index (χ0) is 17.1. The van der Waals surface area contributed by atoms with Crippen molar-refractivity contribution in [3.05, 3.63) is 108 Å². The molecule has 1 fully saturated rings. The summed E-state index contributed by atoms with van der Waals surface area (Å²) < 4.78 is 18.9. The highest BCUT2D eigenvalue weighted by Crippen LogP contribution is 2.53. The monoisotopic (exact) mass is 348 g/mol. The maximum atomic E-state index is 12.8. The van der Waals surface area contributed by atoms with Crippen molar-refractivity contribution in [1.82, 2.24) is 5.32 Å². The third-order valence-corrected chi connectivity index (χ3v) is 5.77. The van der Waals surface area contributed by atoms with Crippen LogP contribution in [0.2, 0.25) is 0 Å². The highest BCUT2D eigenvalue weighted by Gasteiger charge is 2.48. The average Bonchev–Trinajstić information content (AvgIpc) is 2.70. The van der Waals surface area contributed by atoms with Gasteiger partial charge in [0.25, 0.3) is 5.78 Å². The maximum Gasteiger partial charge on any atom is 0.533 e. The number of rotatable bonds is 3. The molecule has 124 valence electrons. The third-order valence-electron chi connectivity index (χ3n) is 4.47. The van der Waals surface area contributed by atoms with Crippen LogP contribution in [-0.2, 0) is 9.09 Å². The summed E-state index contributed by atoms with van der Waals surface area (Å²) in [4.78, 5) is 0. The van der Waals surface area contributed by atoms with Gasteiger partial charge in [0.1, 0.15) is 0 Å². The molecule has 1 heterocycles. The van der Waals surface area contributed by atoms with Gasteiger partial charge in [0.05, 0.1) is 6.04 Å². The Morgan fingerprint density at radius 3 is 1.72 bits per heavy atom. The zero-order valence-corrected chi connectivity index (χ0v) is 14.6. The zero-order valence-electron chi connectivity index (χ0n) is 13.7. The summed E-state index contributed by atoms with van der Waals surface area (Å²) in [5.41, 5.74) is 3.13. The molecule has 1 saturated heterocycles. The van der Waals surface area contributed by atoms with Crippen LogP contribution in [0.15, 0.2) is 91.0 Å². The van der Waals surface area contributed by atoms with Crippen LogP contribution < -0.4 is 5.32 Å². The third kappa shape index (κ3) is 3.40. The molecule has 1 aliphatic heterocycles. The van der Waals surface area contributed by atoms with Crippen LogP contribution in [0.3, 0.4) is 0 Å². The van der Waals surface area contributed by atoms with E-state index in [0.717, 1.165) is 16.7 Å². The van der Waals surface area contributed by atoms with Crippen molar-refractivity contribution < 1.29 is 9.09 Å². The lowest BCUT2D eigenvalue weighted by Gasteiger charge is -2.30. The minimum absolute atomic E-state index is 0.0680. The van der Waals surface area contributed by atoms with Crippen LogP contribution in [0.1, 0.15) is 34.6 Å². The Hall–Kier alpha value is -2.32. The van der Waals surface area contributed by atoms with Crippen molar-refractivity contribution in [2.75, 3.05) is 0 Å². The summed E-state index contributed by atoms with van der Waals surface area (Å²) in [5, 5.41) is 3.58. The summed E-state index contributed by atoms with van der Waals surface area (Å²) in [5.74, 6) is -0.318. The summed E-state index contributed by atoms with van der Waals surface area (Å²) in [7, 11) is -1.87. The quantitative estimate of drug-likeness (QED) is 0.633. The van der Waals surface area contributed by atoms with E-state index in [1.807, 2.05) is 78.9 Å². The van der Waals surface area contributed by atoms with Gasteiger partial charge >= 0.3 is 8.03 Å². The van der Waals surface area contributed by atoms with Crippen molar-refractivity contribution in [3.8, 4) is 0 Å². The predicted molar refractivity (Wildman–Crippen MR) is 99.4 cm³/mol. The van der Waals surface area contributed by atoms with E-state index in [1.54, 1.807) is 0 Å². The molecule has 0 spiro atoms. The largest absolute Gasteiger partial charge is 0.533 e. The normalized spacial score (nSPS) is 24.8. The molecular weight excluding hydrogens is 329 g/mol. The first-order chi connectivity index (χ1) is 12.3. The molecule has 3 aromatic rings. The molecule has 0 aromatic heterocycles. The van der Waals surface area contributed by atoms with Gasteiger partial charge in [-0.05, 0) is 15.7 Å². The second-order valence-corrected chi connectivity index (χ2v) is 7.39. The van der Waals surface area contributed by atoms with E-state index in [4.69, 9.17) is 4.52 Å². The molecule has 0 radical (unpaired) electrons. The van der Waals surface area contributed by atoms with Crippen LogP contribution in [0, 0.1) is 0 Å². The minimum atomic E-state index is -1.87. The topological polar surface area (TPSA) is 38.3 Å². The average molecular weight is 348 g/mol. The van der Waals surface area contributed by atoms with E-state index in [-0.39, 0.29) is 17.9 Å². The molecule has 3 aromatic carbocycles. The van der Waals surface area contributed by atoms with Crippen LogP contribution in [0.25, 0.3) is 0 Å². The van der Waals surface area contributed by atoms with E-state index in [0.29, 0.717) is 0 Å². The molecule has 0 aliphatic carbocycles. The lowest BCUT2D eigenvalue weighted by Crippen LogP contribution is -2.34. The molecule has 1 unspecified atom stereocenters. The summed E-state index contributed by atoms with van der Waals surface area (Å²) in [6, 6.07) is 30.0. The number of hydrogen-bond donors (Lipinski definition) is 1. The molecule has 3 nitrogen and oxygen atoms in total. The molecule has 25 heavy (non-hydrogen) atoms. The van der Waals surface area contributed by atoms with Crippen LogP contribution in [0.5, 0.6) is 0 Å². The molecule has 0 saturated carbocycles. The summed E-state index contributed by atoms with van der Waals surface area (Å²) in [6.45, 7) is 0. The number of hydrogen-bond acceptors (Lipinski definition) is 3. The minimum Gasteiger partial charge on any atom is -0.257 e. The predicted octanol–water partition coefficient (Wildman–Crippen LogP) is 5.53. The lowest BCUT2D eigenvalue weighted by molar-refractivity contribution is 0.133. The molecule has 4 atom stereocenters. The Balaban J connectivity index is 1.72. The van der Waals surface area contributed by atoms with Gasteiger partial charge < -0.3 is 0 Å². The van der Waals surface area contributed by atoms with Gasteiger partial charge in [-0.1, -0.05) is 91.0 Å². The molecule has 1 N–H and O–H groups in total. The van der Waals surface area contributed by atoms with Crippen molar-refractivity contribution in [2.45, 2.75) is 17.9 Å². The fourth-order valence-electron chi connectivity index (χ4n) is 3.23. The SMILES string of the molecule is O=[P+]1O[C@@H](c2ccccc2)[C@@H](c2ccccc2)N[C@@H]1c1ccccc1. The van der Waals surface area contributed by atoms with Crippen LogP contribution in [-0.4, -0.2) is 0 Å². The molecule has 0 amide bonds. The Kier molecular flexibility index (Phi) is 4.71. The molecule has 0 bridgehead atoms. The van der Waals surface area contributed by atoms with Crippen LogP contribution in [0.4, 0.5) is 0 Å². The highest BCUT2D eigenvalue weighted by molar-refractivity contribution is 7.39. The van der Waals surface area contributed by atoms with Gasteiger partial charge in [-0.15, -0.1) is 4.52 Å². The molecular formula is C21H19NO2P+. The maximum absolute atomic E-state index is 12.8. The standard InChI is InChI=1S/C21H19NO2P/c23-25-21(18-14-8-3-9-15-18)22-19(16-10-4-1-5-11-16)20(24-25)17-12-6-2-7-13-17/h1-15,19-22H/q+1/t19-,20+,21+/m1/s1. The van der Waals surface area contributed by atoms with Crippen molar-refractivity contribution in [2.24, 2.45) is 0 Å². The Labute approximate surface area is 148 Å². The number of nitrogens with one attached hydrogen (secondary N) is 1. The lowest BCUT2D eigenvalue weighted by atomic mass is 9.95. The highest BCUT2D eigenvalue weighted by atomic mass is 31.1. The summed E-state index contributed by atoms with van der Waals surface area (Å²) in [6.07, 6.45) is -0.285. The Morgan fingerprint density at radius 1 is 0.680 bits per heavy atom. The second kappa shape index (κ2) is 7.28. The van der Waals surface area contributed by atoms with Gasteiger partial charge in [0.15, 0.2) is 6.10 Å². The molecule has 4 heteroatoms. The van der Waals surface area contributed by atoms with Crippen molar-refractivity contribution in [3.63, 3.8) is 0 Å².